The Morgan fingerprint density at radius 2 is 2.22 bits per heavy atom. The molecule has 0 unspecified atom stereocenters. The van der Waals surface area contributed by atoms with Crippen LogP contribution in [0.2, 0.25) is 0 Å². The molecule has 0 aromatic carbocycles. The van der Waals surface area contributed by atoms with Gasteiger partial charge in [0.05, 0.1) is 5.69 Å². The fourth-order valence-corrected chi connectivity index (χ4v) is 2.44. The van der Waals surface area contributed by atoms with Crippen molar-refractivity contribution in [2.24, 2.45) is 5.73 Å². The molecule has 1 amide bonds. The number of aromatic nitrogens is 1. The van der Waals surface area contributed by atoms with Crippen LogP contribution in [0.1, 0.15) is 13.3 Å². The van der Waals surface area contributed by atoms with E-state index in [0.717, 1.165) is 0 Å². The van der Waals surface area contributed by atoms with Crippen molar-refractivity contribution in [1.29, 1.82) is 0 Å². The number of nitrogens with one attached hydrogen (secondary N) is 2. The summed E-state index contributed by atoms with van der Waals surface area (Å²) in [5.74, 6) is -0.564. The molecule has 0 saturated carbocycles. The number of anilines is 1. The van der Waals surface area contributed by atoms with Gasteiger partial charge >= 0.3 is 0 Å². The minimum Gasteiger partial charge on any atom is -0.383 e. The van der Waals surface area contributed by atoms with E-state index in [9.17, 15) is 13.2 Å². The van der Waals surface area contributed by atoms with E-state index in [1.807, 2.05) is 6.92 Å². The predicted octanol–water partition coefficient (Wildman–Crippen LogP) is -0.333. The first kappa shape index (κ1) is 14.4. The van der Waals surface area contributed by atoms with Crippen molar-refractivity contribution >= 4 is 21.6 Å². The molecule has 0 atom stereocenters. The van der Waals surface area contributed by atoms with E-state index in [1.54, 1.807) is 12.1 Å². The van der Waals surface area contributed by atoms with Crippen LogP contribution in [0.5, 0.6) is 0 Å². The highest BCUT2D eigenvalue weighted by molar-refractivity contribution is 7.89. The molecule has 1 heterocycles. The normalized spacial score (nSPS) is 11.2. The third-order valence-electron chi connectivity index (χ3n) is 2.06. The molecule has 0 spiro atoms. The highest BCUT2D eigenvalue weighted by Crippen LogP contribution is 2.17. The molecule has 1 rings (SSSR count). The summed E-state index contributed by atoms with van der Waals surface area (Å²) in [5.41, 5.74) is 5.36. The molecule has 0 saturated heterocycles. The van der Waals surface area contributed by atoms with Crippen LogP contribution in [0.4, 0.5) is 5.69 Å². The number of hydrogen-bond acceptors (Lipinski definition) is 5. The topological polar surface area (TPSA) is 114 Å². The predicted molar refractivity (Wildman–Crippen MR) is 67.4 cm³/mol. The molecule has 8 heteroatoms. The maximum Gasteiger partial charge on any atom is 0.260 e. The van der Waals surface area contributed by atoms with Crippen molar-refractivity contribution in [1.82, 2.24) is 9.71 Å². The quantitative estimate of drug-likeness (QED) is 0.628. The second kappa shape index (κ2) is 6.31. The average Bonchev–Trinajstić information content (AvgIpc) is 2.29. The Bertz CT molecular complexity index is 516. The van der Waals surface area contributed by atoms with Crippen molar-refractivity contribution in [3.05, 3.63) is 18.3 Å². The number of rotatable bonds is 7. The van der Waals surface area contributed by atoms with E-state index in [0.29, 0.717) is 12.2 Å². The molecular formula is C10H16N4O3S. The molecule has 0 aliphatic heterocycles. The standard InChI is InChI=1S/C10H16N4O3S/c1-2-12-8-4-3-6-13-10(8)18(16,17)14-7-5-9(11)15/h3-4,6,12,14H,2,5,7H2,1H3,(H2,11,15). The average molecular weight is 272 g/mol. The Morgan fingerprint density at radius 1 is 1.50 bits per heavy atom. The van der Waals surface area contributed by atoms with Gasteiger partial charge < -0.3 is 11.1 Å². The van der Waals surface area contributed by atoms with Gasteiger partial charge in [-0.05, 0) is 19.1 Å². The largest absolute Gasteiger partial charge is 0.383 e. The fraction of sp³-hybridized carbons (Fsp3) is 0.400. The van der Waals surface area contributed by atoms with Gasteiger partial charge in [-0.3, -0.25) is 4.79 Å². The smallest absolute Gasteiger partial charge is 0.260 e. The van der Waals surface area contributed by atoms with E-state index in [1.165, 1.54) is 6.20 Å². The van der Waals surface area contributed by atoms with Gasteiger partial charge in [-0.25, -0.2) is 18.1 Å². The molecule has 7 nitrogen and oxygen atoms in total. The highest BCUT2D eigenvalue weighted by Gasteiger charge is 2.19. The van der Waals surface area contributed by atoms with Crippen LogP contribution in [0.15, 0.2) is 23.4 Å². The molecule has 100 valence electrons. The molecule has 0 aliphatic rings. The third kappa shape index (κ3) is 3.97. The summed E-state index contributed by atoms with van der Waals surface area (Å²) >= 11 is 0. The Morgan fingerprint density at radius 3 is 2.83 bits per heavy atom. The molecule has 18 heavy (non-hydrogen) atoms. The molecule has 1 aromatic heterocycles. The van der Waals surface area contributed by atoms with Gasteiger partial charge in [0.1, 0.15) is 0 Å². The summed E-state index contributed by atoms with van der Waals surface area (Å²) in [4.78, 5) is 14.4. The summed E-state index contributed by atoms with van der Waals surface area (Å²) in [5, 5.41) is 2.82. The molecule has 0 fully saturated rings. The van der Waals surface area contributed by atoms with Crippen LogP contribution in [-0.4, -0.2) is 32.4 Å². The molecule has 0 bridgehead atoms. The molecule has 1 aromatic rings. The zero-order valence-electron chi connectivity index (χ0n) is 10.0. The Hall–Kier alpha value is -1.67. The summed E-state index contributed by atoms with van der Waals surface area (Å²) in [6, 6.07) is 3.26. The van der Waals surface area contributed by atoms with Crippen LogP contribution < -0.4 is 15.8 Å². The maximum absolute atomic E-state index is 11.9. The summed E-state index contributed by atoms with van der Waals surface area (Å²) in [6.07, 6.45) is 1.34. The number of nitrogens with zero attached hydrogens (tertiary/aromatic N) is 1. The number of hydrogen-bond donors (Lipinski definition) is 3. The van der Waals surface area contributed by atoms with Crippen LogP contribution in [0, 0.1) is 0 Å². The number of sulfonamides is 1. The van der Waals surface area contributed by atoms with Gasteiger partial charge in [-0.2, -0.15) is 0 Å². The lowest BCUT2D eigenvalue weighted by atomic mass is 10.4. The number of amides is 1. The van der Waals surface area contributed by atoms with Gasteiger partial charge in [0.2, 0.25) is 5.91 Å². The monoisotopic (exact) mass is 272 g/mol. The first-order valence-electron chi connectivity index (χ1n) is 5.44. The second-order valence-electron chi connectivity index (χ2n) is 3.50. The van der Waals surface area contributed by atoms with E-state index in [-0.39, 0.29) is 18.0 Å². The highest BCUT2D eigenvalue weighted by atomic mass is 32.2. The van der Waals surface area contributed by atoms with Crippen molar-refractivity contribution in [2.75, 3.05) is 18.4 Å². The fourth-order valence-electron chi connectivity index (χ4n) is 1.31. The SMILES string of the molecule is CCNc1cccnc1S(=O)(=O)NCCC(N)=O. The van der Waals surface area contributed by atoms with Gasteiger partial charge in [0.25, 0.3) is 10.0 Å². The lowest BCUT2D eigenvalue weighted by molar-refractivity contribution is -0.117. The zero-order valence-corrected chi connectivity index (χ0v) is 10.8. The minimum absolute atomic E-state index is 0.0419. The third-order valence-corrected chi connectivity index (χ3v) is 3.47. The number of primary amides is 1. The summed E-state index contributed by atoms with van der Waals surface area (Å²) in [7, 11) is -3.74. The van der Waals surface area contributed by atoms with Gasteiger partial charge in [-0.15, -0.1) is 0 Å². The Kier molecular flexibility index (Phi) is 5.05. The molecule has 0 radical (unpaired) electrons. The number of carbonyl (C=O) groups is 1. The number of carbonyl (C=O) groups excluding carboxylic acids is 1. The van der Waals surface area contributed by atoms with Crippen molar-refractivity contribution in [2.45, 2.75) is 18.4 Å². The lowest BCUT2D eigenvalue weighted by Crippen LogP contribution is -2.29. The van der Waals surface area contributed by atoms with E-state index in [2.05, 4.69) is 15.0 Å². The van der Waals surface area contributed by atoms with Crippen LogP contribution >= 0.6 is 0 Å². The summed E-state index contributed by atoms with van der Waals surface area (Å²) < 4.78 is 26.2. The van der Waals surface area contributed by atoms with Crippen molar-refractivity contribution < 1.29 is 13.2 Å². The van der Waals surface area contributed by atoms with Crippen molar-refractivity contribution in [3.63, 3.8) is 0 Å². The first-order chi connectivity index (χ1) is 8.47. The van der Waals surface area contributed by atoms with Crippen LogP contribution in [-0.2, 0) is 14.8 Å². The second-order valence-corrected chi connectivity index (χ2v) is 5.18. The molecular weight excluding hydrogens is 256 g/mol. The number of nitrogens with two attached hydrogens (primary N) is 1. The van der Waals surface area contributed by atoms with Gasteiger partial charge in [-0.1, -0.05) is 0 Å². The Balaban J connectivity index is 2.87. The van der Waals surface area contributed by atoms with Gasteiger partial charge in [0, 0.05) is 25.7 Å². The maximum atomic E-state index is 11.9. The first-order valence-corrected chi connectivity index (χ1v) is 6.92. The summed E-state index contributed by atoms with van der Waals surface area (Å²) in [6.45, 7) is 2.39. The van der Waals surface area contributed by atoms with E-state index in [4.69, 9.17) is 5.73 Å². The van der Waals surface area contributed by atoms with Gasteiger partial charge in [0.15, 0.2) is 5.03 Å². The number of pyridine rings is 1. The van der Waals surface area contributed by atoms with Crippen LogP contribution in [0.25, 0.3) is 0 Å². The minimum atomic E-state index is -3.74. The van der Waals surface area contributed by atoms with Crippen LogP contribution in [0.3, 0.4) is 0 Å². The lowest BCUT2D eigenvalue weighted by Gasteiger charge is -2.10. The van der Waals surface area contributed by atoms with E-state index >= 15 is 0 Å². The Labute approximate surface area is 106 Å². The van der Waals surface area contributed by atoms with Crippen molar-refractivity contribution in [3.8, 4) is 0 Å². The molecule has 0 aliphatic carbocycles. The zero-order chi connectivity index (χ0) is 13.6. The van der Waals surface area contributed by atoms with E-state index < -0.39 is 15.9 Å². The molecule has 4 N–H and O–H groups in total.